The molecule has 0 fully saturated rings. The zero-order valence-corrected chi connectivity index (χ0v) is 15.5. The first kappa shape index (κ1) is 18.2. The van der Waals surface area contributed by atoms with Crippen molar-refractivity contribution in [1.82, 2.24) is 25.4 Å². The molecule has 0 amide bonds. The van der Waals surface area contributed by atoms with Gasteiger partial charge in [0.2, 0.25) is 0 Å². The molecule has 0 saturated heterocycles. The molecule has 0 atom stereocenters. The van der Waals surface area contributed by atoms with Gasteiger partial charge in [-0.3, -0.25) is 0 Å². The summed E-state index contributed by atoms with van der Waals surface area (Å²) in [6.07, 6.45) is 4.45. The Morgan fingerprint density at radius 2 is 2.12 bits per heavy atom. The van der Waals surface area contributed by atoms with Gasteiger partial charge in [0.05, 0.1) is 6.54 Å². The molecule has 1 heterocycles. The van der Waals surface area contributed by atoms with Crippen LogP contribution in [0.15, 0.2) is 52.7 Å². The lowest BCUT2D eigenvalue weighted by Gasteiger charge is -2.12. The van der Waals surface area contributed by atoms with Crippen molar-refractivity contribution in [1.29, 1.82) is 0 Å². The summed E-state index contributed by atoms with van der Waals surface area (Å²) in [7, 11) is 0. The van der Waals surface area contributed by atoms with Gasteiger partial charge in [0.25, 0.3) is 0 Å². The van der Waals surface area contributed by atoms with Gasteiger partial charge >= 0.3 is 0 Å². The van der Waals surface area contributed by atoms with Crippen molar-refractivity contribution in [2.75, 3.05) is 13.1 Å². The van der Waals surface area contributed by atoms with Crippen LogP contribution in [-0.4, -0.2) is 33.8 Å². The van der Waals surface area contributed by atoms with Crippen LogP contribution in [0.5, 0.6) is 0 Å². The van der Waals surface area contributed by atoms with E-state index >= 15 is 0 Å². The van der Waals surface area contributed by atoms with E-state index in [2.05, 4.69) is 67.4 Å². The van der Waals surface area contributed by atoms with Gasteiger partial charge in [-0.05, 0) is 17.7 Å². The van der Waals surface area contributed by atoms with Crippen LogP contribution in [0, 0.1) is 0 Å². The van der Waals surface area contributed by atoms with Crippen molar-refractivity contribution >= 4 is 21.9 Å². The van der Waals surface area contributed by atoms with Crippen molar-refractivity contribution in [2.45, 2.75) is 26.4 Å². The third-order valence-electron chi connectivity index (χ3n) is 3.40. The number of aliphatic imine (C=N–C) groups is 1. The fourth-order valence-corrected chi connectivity index (χ4v) is 2.40. The summed E-state index contributed by atoms with van der Waals surface area (Å²) in [5, 5.41) is 14.6. The number of nitrogens with zero attached hydrogens (tertiary/aromatic N) is 4. The molecule has 24 heavy (non-hydrogen) atoms. The Morgan fingerprint density at radius 3 is 2.83 bits per heavy atom. The number of guanidine groups is 1. The maximum Gasteiger partial charge on any atom is 0.191 e. The molecule has 0 radical (unpaired) electrons. The van der Waals surface area contributed by atoms with Crippen LogP contribution in [0.3, 0.4) is 0 Å². The first-order chi connectivity index (χ1) is 11.7. The molecular formula is C17H23BrN6. The van der Waals surface area contributed by atoms with E-state index in [1.807, 2.05) is 22.8 Å². The van der Waals surface area contributed by atoms with Crippen molar-refractivity contribution < 1.29 is 0 Å². The van der Waals surface area contributed by atoms with Gasteiger partial charge < -0.3 is 15.2 Å². The van der Waals surface area contributed by atoms with Crippen molar-refractivity contribution in [2.24, 2.45) is 4.99 Å². The second-order valence-electron chi connectivity index (χ2n) is 5.18. The Hall–Kier alpha value is -2.15. The number of hydrogen-bond donors (Lipinski definition) is 2. The summed E-state index contributed by atoms with van der Waals surface area (Å²) in [4.78, 5) is 4.61. The highest BCUT2D eigenvalue weighted by molar-refractivity contribution is 9.10. The van der Waals surface area contributed by atoms with Gasteiger partial charge in [-0.25, -0.2) is 4.99 Å². The number of aromatic nitrogens is 3. The average Bonchev–Trinajstić information content (AvgIpc) is 3.05. The summed E-state index contributed by atoms with van der Waals surface area (Å²) in [6.45, 7) is 8.63. The third-order valence-corrected chi connectivity index (χ3v) is 3.93. The lowest BCUT2D eigenvalue weighted by molar-refractivity contribution is 0.633. The fourth-order valence-electron chi connectivity index (χ4n) is 2.14. The van der Waals surface area contributed by atoms with Crippen LogP contribution in [0.4, 0.5) is 0 Å². The zero-order chi connectivity index (χ0) is 17.2. The SMILES string of the molecule is C=CCNC(=NCc1ccc(Br)cc1)NCCn1cnnc1CC. The number of halogens is 1. The number of aryl methyl sites for hydroxylation is 1. The molecular weight excluding hydrogens is 368 g/mol. The molecule has 7 heteroatoms. The summed E-state index contributed by atoms with van der Waals surface area (Å²) >= 11 is 3.44. The minimum Gasteiger partial charge on any atom is -0.355 e. The summed E-state index contributed by atoms with van der Waals surface area (Å²) in [5.74, 6) is 1.76. The predicted octanol–water partition coefficient (Wildman–Crippen LogP) is 2.52. The zero-order valence-electron chi connectivity index (χ0n) is 13.9. The molecule has 2 N–H and O–H groups in total. The Bertz CT molecular complexity index is 662. The highest BCUT2D eigenvalue weighted by Gasteiger charge is 2.02. The number of rotatable bonds is 8. The van der Waals surface area contributed by atoms with E-state index in [4.69, 9.17) is 0 Å². The van der Waals surface area contributed by atoms with Crippen LogP contribution in [0.2, 0.25) is 0 Å². The molecule has 0 bridgehead atoms. The van der Waals surface area contributed by atoms with Gasteiger partial charge in [0, 0.05) is 30.5 Å². The van der Waals surface area contributed by atoms with Crippen LogP contribution in [0.25, 0.3) is 0 Å². The molecule has 6 nitrogen and oxygen atoms in total. The van der Waals surface area contributed by atoms with Crippen LogP contribution >= 0.6 is 15.9 Å². The molecule has 1 aromatic carbocycles. The molecule has 2 rings (SSSR count). The lowest BCUT2D eigenvalue weighted by atomic mass is 10.2. The number of hydrogen-bond acceptors (Lipinski definition) is 3. The molecule has 0 aliphatic heterocycles. The monoisotopic (exact) mass is 390 g/mol. The number of benzene rings is 1. The Labute approximate surface area is 151 Å². The Morgan fingerprint density at radius 1 is 1.33 bits per heavy atom. The lowest BCUT2D eigenvalue weighted by Crippen LogP contribution is -2.39. The van der Waals surface area contributed by atoms with Crippen molar-refractivity contribution in [3.8, 4) is 0 Å². The first-order valence-corrected chi connectivity index (χ1v) is 8.76. The number of nitrogens with one attached hydrogen (secondary N) is 2. The third kappa shape index (κ3) is 5.81. The molecule has 1 aromatic heterocycles. The quantitative estimate of drug-likeness (QED) is 0.412. The smallest absolute Gasteiger partial charge is 0.191 e. The molecule has 0 aliphatic rings. The van der Waals surface area contributed by atoms with E-state index in [1.165, 1.54) is 0 Å². The van der Waals surface area contributed by atoms with Crippen LogP contribution in [-0.2, 0) is 19.5 Å². The van der Waals surface area contributed by atoms with E-state index in [0.717, 1.165) is 41.3 Å². The summed E-state index contributed by atoms with van der Waals surface area (Å²) in [5.41, 5.74) is 1.16. The maximum absolute atomic E-state index is 4.61. The Balaban J connectivity index is 1.90. The topological polar surface area (TPSA) is 67.1 Å². The van der Waals surface area contributed by atoms with Gasteiger partial charge in [0.15, 0.2) is 5.96 Å². The average molecular weight is 391 g/mol. The fraction of sp³-hybridized carbons (Fsp3) is 0.353. The Kier molecular flexibility index (Phi) is 7.48. The van der Waals surface area contributed by atoms with Gasteiger partial charge in [-0.15, -0.1) is 16.8 Å². The van der Waals surface area contributed by atoms with E-state index in [0.29, 0.717) is 13.1 Å². The van der Waals surface area contributed by atoms with Gasteiger partial charge in [-0.1, -0.05) is 41.1 Å². The van der Waals surface area contributed by atoms with Crippen LogP contribution in [0.1, 0.15) is 18.3 Å². The highest BCUT2D eigenvalue weighted by atomic mass is 79.9. The minimum atomic E-state index is 0.618. The normalized spacial score (nSPS) is 11.3. The molecule has 128 valence electrons. The molecule has 0 spiro atoms. The molecule has 2 aromatic rings. The van der Waals surface area contributed by atoms with E-state index in [-0.39, 0.29) is 0 Å². The van der Waals surface area contributed by atoms with E-state index in [9.17, 15) is 0 Å². The maximum atomic E-state index is 4.61. The molecule has 0 aliphatic carbocycles. The first-order valence-electron chi connectivity index (χ1n) is 7.97. The largest absolute Gasteiger partial charge is 0.355 e. The van der Waals surface area contributed by atoms with E-state index in [1.54, 1.807) is 6.33 Å². The van der Waals surface area contributed by atoms with Gasteiger partial charge in [-0.2, -0.15) is 0 Å². The van der Waals surface area contributed by atoms with Crippen molar-refractivity contribution in [3.63, 3.8) is 0 Å². The summed E-state index contributed by atoms with van der Waals surface area (Å²) < 4.78 is 3.12. The minimum absolute atomic E-state index is 0.618. The van der Waals surface area contributed by atoms with Gasteiger partial charge in [0.1, 0.15) is 12.2 Å². The van der Waals surface area contributed by atoms with Crippen LogP contribution < -0.4 is 10.6 Å². The standard InChI is InChI=1S/C17H23BrN6/c1-3-9-19-17(21-12-14-5-7-15(18)8-6-14)20-10-11-24-13-22-23-16(24)4-2/h3,5-8,13H,1,4,9-12H2,2H3,(H2,19,20,21). The van der Waals surface area contributed by atoms with Crippen molar-refractivity contribution in [3.05, 3.63) is 59.1 Å². The second-order valence-corrected chi connectivity index (χ2v) is 6.10. The second kappa shape index (κ2) is 9.87. The van der Waals surface area contributed by atoms with E-state index < -0.39 is 0 Å². The predicted molar refractivity (Wildman–Crippen MR) is 101 cm³/mol. The summed E-state index contributed by atoms with van der Waals surface area (Å²) in [6, 6.07) is 8.16. The molecule has 0 unspecified atom stereocenters. The molecule has 0 saturated carbocycles. The highest BCUT2D eigenvalue weighted by Crippen LogP contribution is 2.11.